The van der Waals surface area contributed by atoms with Crippen LogP contribution in [0, 0.1) is 0 Å². The van der Waals surface area contributed by atoms with E-state index in [1.165, 1.54) is 50.1 Å². The number of hydrogen-bond donors (Lipinski definition) is 0. The summed E-state index contributed by atoms with van der Waals surface area (Å²) in [4.78, 5) is 0. The van der Waals surface area contributed by atoms with Crippen molar-refractivity contribution < 1.29 is 0 Å². The molecule has 0 bridgehead atoms. The molecule has 0 saturated heterocycles. The molecule has 0 amide bonds. The van der Waals surface area contributed by atoms with Gasteiger partial charge in [0.2, 0.25) is 0 Å². The highest BCUT2D eigenvalue weighted by Gasteiger charge is 1.91. The summed E-state index contributed by atoms with van der Waals surface area (Å²) in [6.07, 6.45) is 8.49. The van der Waals surface area contributed by atoms with Crippen molar-refractivity contribution in [2.75, 3.05) is 0 Å². The van der Waals surface area contributed by atoms with E-state index in [4.69, 9.17) is 0 Å². The molecule has 0 aliphatic heterocycles. The van der Waals surface area contributed by atoms with E-state index in [1.807, 2.05) is 24.3 Å². The maximum atomic E-state index is 3.89. The van der Waals surface area contributed by atoms with Crippen molar-refractivity contribution in [1.29, 1.82) is 0 Å². The predicted molar refractivity (Wildman–Crippen MR) is 97.1 cm³/mol. The van der Waals surface area contributed by atoms with E-state index in [0.717, 1.165) is 10.2 Å². The zero-order chi connectivity index (χ0) is 12.3. The molecule has 0 fully saturated rings. The average Bonchev–Trinajstić information content (AvgIpc) is 2.84. The molecule has 2 aromatic rings. The van der Waals surface area contributed by atoms with Crippen LogP contribution in [0.4, 0.5) is 0 Å². The molecule has 0 aliphatic rings. The lowest BCUT2D eigenvalue weighted by molar-refractivity contribution is 0.624. The zero-order valence-corrected chi connectivity index (χ0v) is 15.9. The molecule has 2 nitrogen and oxygen atoms in total. The summed E-state index contributed by atoms with van der Waals surface area (Å²) >= 11 is 1.43. The molecule has 0 radical (unpaired) electrons. The molecule has 1 aromatic heterocycles. The minimum absolute atomic E-state index is 0. The van der Waals surface area contributed by atoms with Gasteiger partial charge < -0.3 is 0 Å². The van der Waals surface area contributed by atoms with Crippen molar-refractivity contribution >= 4 is 55.7 Å². The fourth-order valence-corrected chi connectivity index (χ4v) is 2.14. The Hall–Kier alpha value is -0.000000000000000111. The first kappa shape index (κ1) is 21.3. The van der Waals surface area contributed by atoms with Crippen LogP contribution in [0.15, 0.2) is 24.3 Å². The molecule has 1 aromatic carbocycles. The van der Waals surface area contributed by atoms with Gasteiger partial charge in [-0.2, -0.15) is 0 Å². The maximum absolute atomic E-state index is 3.89. The third-order valence-electron chi connectivity index (χ3n) is 2.61. The summed E-state index contributed by atoms with van der Waals surface area (Å²) < 4.78 is 4.94. The number of unbranched alkanes of at least 4 members (excludes halogenated alkanes) is 5. The molecular formula is C14H24Br2N2S. The lowest BCUT2D eigenvalue weighted by Crippen LogP contribution is -1.73. The van der Waals surface area contributed by atoms with Crippen molar-refractivity contribution in [3.05, 3.63) is 24.3 Å². The van der Waals surface area contributed by atoms with Gasteiger partial charge in [0, 0.05) is 0 Å². The van der Waals surface area contributed by atoms with Gasteiger partial charge in [-0.3, -0.25) is 0 Å². The largest absolute Gasteiger partial charge is 0.138 e. The van der Waals surface area contributed by atoms with E-state index in [0.29, 0.717) is 0 Å². The summed E-state index contributed by atoms with van der Waals surface area (Å²) in [5.41, 5.74) is 0.988. The van der Waals surface area contributed by atoms with Crippen LogP contribution in [-0.2, 0) is 0 Å². The molecule has 1 heterocycles. The van der Waals surface area contributed by atoms with Gasteiger partial charge in [-0.05, 0) is 23.7 Å². The van der Waals surface area contributed by atoms with E-state index in [-0.39, 0.29) is 34.0 Å². The Balaban J connectivity index is 0. The van der Waals surface area contributed by atoms with Crippen LogP contribution in [-0.4, -0.2) is 9.59 Å². The molecule has 0 unspecified atom stereocenters. The summed E-state index contributed by atoms with van der Waals surface area (Å²) in [5, 5.41) is 3.89. The first-order valence-corrected chi connectivity index (χ1v) is 7.33. The summed E-state index contributed by atoms with van der Waals surface area (Å²) in [6.45, 7) is 4.51. The van der Waals surface area contributed by atoms with Gasteiger partial charge in [-0.15, -0.1) is 39.1 Å². The van der Waals surface area contributed by atoms with Crippen LogP contribution in [0.3, 0.4) is 0 Å². The number of aromatic nitrogens is 2. The molecule has 0 N–H and O–H groups in total. The highest BCUT2D eigenvalue weighted by atomic mass is 79.9. The Labute approximate surface area is 141 Å². The molecule has 0 saturated carbocycles. The Morgan fingerprint density at radius 1 is 0.895 bits per heavy atom. The van der Waals surface area contributed by atoms with E-state index >= 15 is 0 Å². The van der Waals surface area contributed by atoms with Gasteiger partial charge in [0.1, 0.15) is 5.52 Å². The van der Waals surface area contributed by atoms with Gasteiger partial charge in [0.15, 0.2) is 0 Å². The summed E-state index contributed by atoms with van der Waals surface area (Å²) in [5.74, 6) is 0. The molecule has 0 aliphatic carbocycles. The van der Waals surface area contributed by atoms with Crippen LogP contribution < -0.4 is 0 Å². The zero-order valence-electron chi connectivity index (χ0n) is 11.7. The van der Waals surface area contributed by atoms with E-state index < -0.39 is 0 Å². The Morgan fingerprint density at radius 3 is 2.00 bits per heavy atom. The van der Waals surface area contributed by atoms with Crippen molar-refractivity contribution in [3.8, 4) is 0 Å². The molecular weight excluding hydrogens is 388 g/mol. The first-order valence-electron chi connectivity index (χ1n) is 6.55. The highest BCUT2D eigenvalue weighted by molar-refractivity contribution is 8.93. The quantitative estimate of drug-likeness (QED) is 0.546. The second-order valence-corrected chi connectivity index (χ2v) is 4.94. The van der Waals surface area contributed by atoms with Crippen LogP contribution in [0.1, 0.15) is 52.4 Å². The monoisotopic (exact) mass is 410 g/mol. The Kier molecular flexibility index (Phi) is 16.2. The van der Waals surface area contributed by atoms with Gasteiger partial charge in [0.25, 0.3) is 0 Å². The van der Waals surface area contributed by atoms with Crippen LogP contribution in [0.5, 0.6) is 0 Å². The standard InChI is InChI=1S/C8H18.C6H4N2S.2BrH/c1-3-5-7-8-6-4-2;1-2-4-6-5(3-1)7-8-9-6;;/h3-8H2,1-2H3;1-4H;2*1H. The van der Waals surface area contributed by atoms with E-state index in [2.05, 4.69) is 23.4 Å². The van der Waals surface area contributed by atoms with Crippen molar-refractivity contribution in [2.24, 2.45) is 0 Å². The van der Waals surface area contributed by atoms with E-state index in [1.54, 1.807) is 0 Å². The lowest BCUT2D eigenvalue weighted by Gasteiger charge is -1.93. The minimum atomic E-state index is 0. The number of hydrogen-bond acceptors (Lipinski definition) is 3. The average molecular weight is 412 g/mol. The van der Waals surface area contributed by atoms with Crippen LogP contribution in [0.25, 0.3) is 10.2 Å². The minimum Gasteiger partial charge on any atom is -0.138 e. The Bertz CT molecular complexity index is 371. The molecule has 0 atom stereocenters. The summed E-state index contributed by atoms with van der Waals surface area (Å²) in [6, 6.07) is 7.92. The SMILES string of the molecule is Br.Br.CCCCCCCC.c1ccc2snnc2c1. The van der Waals surface area contributed by atoms with Gasteiger partial charge in [-0.1, -0.05) is 69.0 Å². The fraction of sp³-hybridized carbons (Fsp3) is 0.571. The second kappa shape index (κ2) is 14.4. The van der Waals surface area contributed by atoms with Crippen LogP contribution >= 0.6 is 45.5 Å². The first-order chi connectivity index (χ1) is 8.38. The predicted octanol–water partition coefficient (Wildman–Crippen LogP) is 6.21. The number of fused-ring (bicyclic) bond motifs is 1. The smallest absolute Gasteiger partial charge is 0.105 e. The fourth-order valence-electron chi connectivity index (χ4n) is 1.58. The van der Waals surface area contributed by atoms with Gasteiger partial charge >= 0.3 is 0 Å². The maximum Gasteiger partial charge on any atom is 0.105 e. The third-order valence-corrected chi connectivity index (χ3v) is 3.32. The van der Waals surface area contributed by atoms with Crippen molar-refractivity contribution in [3.63, 3.8) is 0 Å². The van der Waals surface area contributed by atoms with Crippen LogP contribution in [0.2, 0.25) is 0 Å². The number of rotatable bonds is 5. The normalized spacial score (nSPS) is 8.95. The molecule has 0 spiro atoms. The number of benzene rings is 1. The molecule has 2 rings (SSSR count). The van der Waals surface area contributed by atoms with Crippen molar-refractivity contribution in [2.45, 2.75) is 52.4 Å². The number of nitrogens with zero attached hydrogens (tertiary/aromatic N) is 2. The molecule has 19 heavy (non-hydrogen) atoms. The topological polar surface area (TPSA) is 25.8 Å². The second-order valence-electron chi connectivity index (χ2n) is 4.15. The molecule has 5 heteroatoms. The Morgan fingerprint density at radius 2 is 1.47 bits per heavy atom. The number of halogens is 2. The van der Waals surface area contributed by atoms with Gasteiger partial charge in [-0.25, -0.2) is 0 Å². The van der Waals surface area contributed by atoms with Gasteiger partial charge in [0.05, 0.1) is 4.70 Å². The third kappa shape index (κ3) is 9.52. The van der Waals surface area contributed by atoms with Crippen molar-refractivity contribution in [1.82, 2.24) is 9.59 Å². The molecule has 110 valence electrons. The summed E-state index contributed by atoms with van der Waals surface area (Å²) in [7, 11) is 0. The highest BCUT2D eigenvalue weighted by Crippen LogP contribution is 2.12. The van der Waals surface area contributed by atoms with E-state index in [9.17, 15) is 0 Å². The lowest BCUT2D eigenvalue weighted by atomic mass is 10.1.